The van der Waals surface area contributed by atoms with E-state index in [-0.39, 0.29) is 5.92 Å². The highest BCUT2D eigenvalue weighted by Crippen LogP contribution is 2.44. The summed E-state index contributed by atoms with van der Waals surface area (Å²) in [6, 6.07) is 0. The maximum absolute atomic E-state index is 11.8. The monoisotopic (exact) mass is 309 g/mol. The van der Waals surface area contributed by atoms with Crippen molar-refractivity contribution in [2.75, 3.05) is 0 Å². The Morgan fingerprint density at radius 1 is 1.23 bits per heavy atom. The van der Waals surface area contributed by atoms with Gasteiger partial charge in [0.25, 0.3) is 0 Å². The molecule has 1 fully saturated rings. The molecule has 0 saturated heterocycles. The molecule has 0 amide bonds. The summed E-state index contributed by atoms with van der Waals surface area (Å²) in [7, 11) is 0. The van der Waals surface area contributed by atoms with E-state index in [1.54, 1.807) is 6.92 Å². The zero-order valence-electron chi connectivity index (χ0n) is 14.0. The zero-order chi connectivity index (χ0) is 16.7. The summed E-state index contributed by atoms with van der Waals surface area (Å²) >= 11 is 0. The van der Waals surface area contributed by atoms with Gasteiger partial charge in [0.1, 0.15) is 5.78 Å². The second kappa shape index (κ2) is 9.09. The van der Waals surface area contributed by atoms with Gasteiger partial charge in [-0.3, -0.25) is 4.79 Å². The van der Waals surface area contributed by atoms with Crippen LogP contribution in [0.1, 0.15) is 59.3 Å². The molecule has 1 N–H and O–H groups in total. The summed E-state index contributed by atoms with van der Waals surface area (Å²) in [5, 5.41) is 20.6. The van der Waals surface area contributed by atoms with Gasteiger partial charge < -0.3 is 15.0 Å². The molecule has 4 heteroatoms. The van der Waals surface area contributed by atoms with Crippen LogP contribution in [-0.2, 0) is 9.59 Å². The lowest BCUT2D eigenvalue weighted by molar-refractivity contribution is -0.314. The number of hydrogen-bond donors (Lipinski definition) is 1. The Morgan fingerprint density at radius 3 is 2.45 bits per heavy atom. The van der Waals surface area contributed by atoms with Gasteiger partial charge in [-0.05, 0) is 43.9 Å². The second-order valence-electron chi connectivity index (χ2n) is 6.58. The van der Waals surface area contributed by atoms with Crippen LogP contribution in [0.25, 0.3) is 0 Å². The fraction of sp³-hybridized carbons (Fsp3) is 0.778. The lowest BCUT2D eigenvalue weighted by atomic mass is 9.96. The van der Waals surface area contributed by atoms with E-state index in [0.717, 1.165) is 19.3 Å². The van der Waals surface area contributed by atoms with E-state index in [2.05, 4.69) is 0 Å². The number of aliphatic hydroxyl groups excluding tert-OH is 1. The van der Waals surface area contributed by atoms with Crippen LogP contribution in [0.4, 0.5) is 0 Å². The molecule has 1 saturated carbocycles. The van der Waals surface area contributed by atoms with E-state index in [1.165, 1.54) is 0 Å². The highest BCUT2D eigenvalue weighted by atomic mass is 16.4. The van der Waals surface area contributed by atoms with Crippen LogP contribution in [0.2, 0.25) is 0 Å². The normalized spacial score (nSPS) is 24.9. The fourth-order valence-corrected chi connectivity index (χ4v) is 2.80. The molecular formula is C18H29O4-. The van der Waals surface area contributed by atoms with Gasteiger partial charge in [0.15, 0.2) is 0 Å². The van der Waals surface area contributed by atoms with E-state index in [0.29, 0.717) is 36.9 Å². The number of allylic oxidation sites excluding steroid dienone is 1. The highest BCUT2D eigenvalue weighted by Gasteiger charge is 2.37. The fourth-order valence-electron chi connectivity index (χ4n) is 2.80. The van der Waals surface area contributed by atoms with E-state index in [4.69, 9.17) is 0 Å². The minimum absolute atomic E-state index is 0.169. The Hall–Kier alpha value is -1.16. The standard InChI is InChI=1S/C18H30O4/c1-4-12(3)17(20)11-14-10-13(14)8-6-7-9-16(19)15(5-2)18(21)22/h6-7,12-16,19H,4-5,8-11H2,1-3H3,(H,21,22)/p-1/b7-6-/t12-,13?,14?,15+,16+/m0/s1. The number of carboxylic acids is 1. The molecule has 0 aromatic rings. The van der Waals surface area contributed by atoms with E-state index in [9.17, 15) is 19.8 Å². The van der Waals surface area contributed by atoms with Gasteiger partial charge in [0, 0.05) is 24.2 Å². The maximum atomic E-state index is 11.8. The molecule has 1 aliphatic rings. The van der Waals surface area contributed by atoms with E-state index >= 15 is 0 Å². The molecule has 4 nitrogen and oxygen atoms in total. The van der Waals surface area contributed by atoms with Crippen LogP contribution >= 0.6 is 0 Å². The molecule has 0 spiro atoms. The average molecular weight is 309 g/mol. The molecule has 0 bridgehead atoms. The smallest absolute Gasteiger partial charge is 0.135 e. The highest BCUT2D eigenvalue weighted by molar-refractivity contribution is 5.81. The van der Waals surface area contributed by atoms with Gasteiger partial charge in [-0.25, -0.2) is 0 Å². The number of hydrogen-bond acceptors (Lipinski definition) is 4. The van der Waals surface area contributed by atoms with Crippen molar-refractivity contribution in [3.05, 3.63) is 12.2 Å². The van der Waals surface area contributed by atoms with Gasteiger partial charge in [-0.2, -0.15) is 0 Å². The molecule has 22 heavy (non-hydrogen) atoms. The first-order valence-electron chi connectivity index (χ1n) is 8.47. The Labute approximate surface area is 133 Å². The third-order valence-electron chi connectivity index (χ3n) is 4.88. The van der Waals surface area contributed by atoms with Crippen molar-refractivity contribution in [3.8, 4) is 0 Å². The van der Waals surface area contributed by atoms with Crippen LogP contribution in [-0.4, -0.2) is 23.0 Å². The molecule has 5 atom stereocenters. The quantitative estimate of drug-likeness (QED) is 0.593. The van der Waals surface area contributed by atoms with Crippen molar-refractivity contribution >= 4 is 11.8 Å². The molecular weight excluding hydrogens is 280 g/mol. The minimum Gasteiger partial charge on any atom is -0.550 e. The number of rotatable bonds is 11. The van der Waals surface area contributed by atoms with Crippen molar-refractivity contribution in [1.29, 1.82) is 0 Å². The molecule has 0 aromatic carbocycles. The van der Waals surface area contributed by atoms with Crippen molar-refractivity contribution in [1.82, 2.24) is 0 Å². The van der Waals surface area contributed by atoms with Crippen molar-refractivity contribution < 1.29 is 19.8 Å². The maximum Gasteiger partial charge on any atom is 0.135 e. The van der Waals surface area contributed by atoms with Crippen molar-refractivity contribution in [3.63, 3.8) is 0 Å². The Bertz CT molecular complexity index is 402. The van der Waals surface area contributed by atoms with Crippen LogP contribution < -0.4 is 5.11 Å². The number of aliphatic carboxylic acids is 1. The van der Waals surface area contributed by atoms with E-state index in [1.807, 2.05) is 26.0 Å². The first-order chi connectivity index (χ1) is 10.4. The van der Waals surface area contributed by atoms with Crippen LogP contribution in [0.15, 0.2) is 12.2 Å². The topological polar surface area (TPSA) is 77.4 Å². The second-order valence-corrected chi connectivity index (χ2v) is 6.58. The number of carboxylic acid groups (broad SMARTS) is 1. The molecule has 126 valence electrons. The van der Waals surface area contributed by atoms with Gasteiger partial charge in [0.2, 0.25) is 0 Å². The Balaban J connectivity index is 2.23. The number of carbonyl (C=O) groups excluding carboxylic acids is 2. The average Bonchev–Trinajstić information content (AvgIpc) is 3.20. The lowest BCUT2D eigenvalue weighted by Crippen LogP contribution is -2.38. The molecule has 2 unspecified atom stereocenters. The number of Topliss-reactive ketones (excluding diaryl/α,β-unsaturated/α-hetero) is 1. The van der Waals surface area contributed by atoms with Crippen LogP contribution in [0, 0.1) is 23.7 Å². The Morgan fingerprint density at radius 2 is 1.91 bits per heavy atom. The summed E-state index contributed by atoms with van der Waals surface area (Å²) in [5.41, 5.74) is 0. The summed E-state index contributed by atoms with van der Waals surface area (Å²) < 4.78 is 0. The third-order valence-corrected chi connectivity index (χ3v) is 4.88. The molecule has 1 aliphatic carbocycles. The lowest BCUT2D eigenvalue weighted by Gasteiger charge is -2.21. The van der Waals surface area contributed by atoms with E-state index < -0.39 is 18.0 Å². The third kappa shape index (κ3) is 5.91. The number of carbonyl (C=O) groups is 2. The Kier molecular flexibility index (Phi) is 7.80. The predicted octanol–water partition coefficient (Wildman–Crippen LogP) is 2.10. The molecule has 1 rings (SSSR count). The summed E-state index contributed by atoms with van der Waals surface area (Å²) in [4.78, 5) is 22.7. The minimum atomic E-state index is -1.19. The zero-order valence-corrected chi connectivity index (χ0v) is 14.0. The number of ketones is 1. The van der Waals surface area contributed by atoms with Crippen molar-refractivity contribution in [2.24, 2.45) is 23.7 Å². The van der Waals surface area contributed by atoms with Gasteiger partial charge in [-0.1, -0.05) is 32.9 Å². The predicted molar refractivity (Wildman–Crippen MR) is 83.8 cm³/mol. The van der Waals surface area contributed by atoms with Crippen molar-refractivity contribution in [2.45, 2.75) is 65.4 Å². The first-order valence-corrected chi connectivity index (χ1v) is 8.47. The summed E-state index contributed by atoms with van der Waals surface area (Å²) in [6.07, 6.45) is 7.30. The summed E-state index contributed by atoms with van der Waals surface area (Å²) in [6.45, 7) is 5.76. The molecule has 0 aliphatic heterocycles. The van der Waals surface area contributed by atoms with Crippen LogP contribution in [0.3, 0.4) is 0 Å². The largest absolute Gasteiger partial charge is 0.550 e. The summed E-state index contributed by atoms with van der Waals surface area (Å²) in [5.74, 6) is -0.357. The number of aliphatic hydroxyl groups is 1. The van der Waals surface area contributed by atoms with Gasteiger partial charge >= 0.3 is 0 Å². The first kappa shape index (κ1) is 18.9. The molecule has 0 aromatic heterocycles. The van der Waals surface area contributed by atoms with Gasteiger partial charge in [-0.15, -0.1) is 0 Å². The SMILES string of the molecule is CC[C@H](C)C(=O)CC1CC1C/C=C\C[C@@H](O)[C@@H](CC)C(=O)[O-]. The molecule has 0 radical (unpaired) electrons. The molecule has 0 heterocycles. The van der Waals surface area contributed by atoms with Crippen LogP contribution in [0.5, 0.6) is 0 Å². The van der Waals surface area contributed by atoms with Gasteiger partial charge in [0.05, 0.1) is 6.10 Å².